The molecular weight excluding hydrogens is 224 g/mol. The minimum atomic E-state index is -0.753. The van der Waals surface area contributed by atoms with Crippen molar-refractivity contribution in [2.24, 2.45) is 5.92 Å². The van der Waals surface area contributed by atoms with Crippen LogP contribution in [-0.4, -0.2) is 18.9 Å². The number of rotatable bonds is 3. The third-order valence-corrected chi connectivity index (χ3v) is 3.28. The predicted octanol–water partition coefficient (Wildman–Crippen LogP) is 1.77. The first-order chi connectivity index (χ1) is 6.67. The van der Waals surface area contributed by atoms with Crippen LogP contribution >= 0.6 is 25.8 Å². The summed E-state index contributed by atoms with van der Waals surface area (Å²) in [6, 6.07) is 0. The Kier molecular flexibility index (Phi) is 4.56. The molecule has 1 aliphatic rings. The Morgan fingerprint density at radius 2 is 1.79 bits per heavy atom. The summed E-state index contributed by atoms with van der Waals surface area (Å²) in [6.07, 6.45) is 2.54. The summed E-state index contributed by atoms with van der Waals surface area (Å²) in [5.74, 6) is -0.978. The molecule has 0 amide bonds. The van der Waals surface area contributed by atoms with Crippen LogP contribution in [0.5, 0.6) is 0 Å². The van der Waals surface area contributed by atoms with Crippen LogP contribution in [0.2, 0.25) is 0 Å². The van der Waals surface area contributed by atoms with Gasteiger partial charge < -0.3 is 4.74 Å². The zero-order chi connectivity index (χ0) is 10.6. The minimum Gasteiger partial charge on any atom is -0.469 e. The van der Waals surface area contributed by atoms with Gasteiger partial charge in [0.15, 0.2) is 5.79 Å². The number of hydrogen-bond donors (Lipinski definition) is 2. The first-order valence-corrected chi connectivity index (χ1v) is 5.13. The Balaban J connectivity index is 2.48. The number of thiol groups is 2. The van der Waals surface area contributed by atoms with Crippen LogP contribution in [0.15, 0.2) is 0 Å². The lowest BCUT2D eigenvalue weighted by Crippen LogP contribution is -2.37. The van der Waals surface area contributed by atoms with Crippen LogP contribution in [0.4, 0.5) is 0 Å². The van der Waals surface area contributed by atoms with Crippen molar-refractivity contribution < 1.29 is 17.9 Å². The van der Waals surface area contributed by atoms with E-state index in [0.29, 0.717) is 25.7 Å². The average molecular weight is 238 g/mol. The number of carbonyl (C=O) groups is 1. The third kappa shape index (κ3) is 2.56. The molecule has 0 aromatic rings. The summed E-state index contributed by atoms with van der Waals surface area (Å²) in [5, 5.41) is 0. The summed E-state index contributed by atoms with van der Waals surface area (Å²) in [4.78, 5) is 11.2. The van der Waals surface area contributed by atoms with E-state index in [1.54, 1.807) is 0 Å². The van der Waals surface area contributed by atoms with Crippen molar-refractivity contribution in [2.45, 2.75) is 31.5 Å². The zero-order valence-corrected chi connectivity index (χ0v) is 9.72. The maximum Gasteiger partial charge on any atom is 0.308 e. The molecule has 0 saturated heterocycles. The molecule has 0 N–H and O–H groups in total. The summed E-state index contributed by atoms with van der Waals surface area (Å²) in [7, 11) is 1.40. The van der Waals surface area contributed by atoms with Gasteiger partial charge in [-0.2, -0.15) is 0 Å². The van der Waals surface area contributed by atoms with Crippen LogP contribution in [0.1, 0.15) is 25.7 Å². The number of hydrogen-bond acceptors (Lipinski definition) is 6. The van der Waals surface area contributed by atoms with Gasteiger partial charge in [0, 0.05) is 12.8 Å². The van der Waals surface area contributed by atoms with E-state index in [0.717, 1.165) is 0 Å². The SMILES string of the molecule is COC(=O)C1CCC(OS)(OS)CC1. The maximum absolute atomic E-state index is 11.2. The molecule has 1 rings (SSSR count). The molecule has 0 heterocycles. The average Bonchev–Trinajstić information content (AvgIpc) is 2.28. The predicted molar refractivity (Wildman–Crippen MR) is 56.8 cm³/mol. The van der Waals surface area contributed by atoms with E-state index in [4.69, 9.17) is 8.37 Å². The molecule has 0 atom stereocenters. The van der Waals surface area contributed by atoms with E-state index in [-0.39, 0.29) is 11.9 Å². The molecule has 1 aliphatic carbocycles. The van der Waals surface area contributed by atoms with Crippen molar-refractivity contribution in [1.82, 2.24) is 0 Å². The topological polar surface area (TPSA) is 44.8 Å². The quantitative estimate of drug-likeness (QED) is 0.340. The lowest BCUT2D eigenvalue weighted by Gasteiger charge is -2.34. The van der Waals surface area contributed by atoms with Crippen molar-refractivity contribution in [3.63, 3.8) is 0 Å². The fourth-order valence-corrected chi connectivity index (χ4v) is 2.16. The summed E-state index contributed by atoms with van der Waals surface area (Å²) < 4.78 is 14.5. The molecule has 0 aromatic heterocycles. The van der Waals surface area contributed by atoms with E-state index in [1.165, 1.54) is 7.11 Å². The first kappa shape index (κ1) is 12.2. The third-order valence-electron chi connectivity index (χ3n) is 2.61. The van der Waals surface area contributed by atoms with Gasteiger partial charge in [0.2, 0.25) is 0 Å². The Labute approximate surface area is 94.5 Å². The van der Waals surface area contributed by atoms with Crippen molar-refractivity contribution in [2.75, 3.05) is 7.11 Å². The minimum absolute atomic E-state index is 0.0555. The zero-order valence-electron chi connectivity index (χ0n) is 7.93. The molecule has 0 bridgehead atoms. The van der Waals surface area contributed by atoms with Crippen molar-refractivity contribution >= 4 is 31.8 Å². The van der Waals surface area contributed by atoms with E-state index < -0.39 is 5.79 Å². The molecule has 6 heteroatoms. The fraction of sp³-hybridized carbons (Fsp3) is 0.875. The van der Waals surface area contributed by atoms with Crippen LogP contribution < -0.4 is 0 Å². The highest BCUT2D eigenvalue weighted by Gasteiger charge is 2.39. The van der Waals surface area contributed by atoms with Gasteiger partial charge >= 0.3 is 5.97 Å². The summed E-state index contributed by atoms with van der Waals surface area (Å²) in [6.45, 7) is 0. The summed E-state index contributed by atoms with van der Waals surface area (Å²) in [5.41, 5.74) is 0. The molecule has 1 fully saturated rings. The van der Waals surface area contributed by atoms with Crippen LogP contribution in [0.25, 0.3) is 0 Å². The Morgan fingerprint density at radius 1 is 1.29 bits per heavy atom. The van der Waals surface area contributed by atoms with Gasteiger partial charge in [-0.3, -0.25) is 13.2 Å². The Bertz CT molecular complexity index is 196. The highest BCUT2D eigenvalue weighted by atomic mass is 32.1. The molecular formula is C8H14O4S2. The maximum atomic E-state index is 11.2. The molecule has 0 spiro atoms. The van der Waals surface area contributed by atoms with Crippen molar-refractivity contribution in [1.29, 1.82) is 0 Å². The molecule has 0 radical (unpaired) electrons. The number of ether oxygens (including phenoxy) is 1. The van der Waals surface area contributed by atoms with Gasteiger partial charge in [-0.15, -0.1) is 0 Å². The Morgan fingerprint density at radius 3 is 2.14 bits per heavy atom. The monoisotopic (exact) mass is 238 g/mol. The number of esters is 1. The smallest absolute Gasteiger partial charge is 0.308 e. The first-order valence-electron chi connectivity index (χ1n) is 4.40. The highest BCUT2D eigenvalue weighted by Crippen LogP contribution is 2.37. The van der Waals surface area contributed by atoms with E-state index >= 15 is 0 Å². The van der Waals surface area contributed by atoms with Gasteiger partial charge in [-0.05, 0) is 38.7 Å². The van der Waals surface area contributed by atoms with Crippen LogP contribution in [0, 0.1) is 5.92 Å². The number of methoxy groups -OCH3 is 1. The van der Waals surface area contributed by atoms with E-state index in [1.807, 2.05) is 0 Å². The molecule has 0 aromatic carbocycles. The molecule has 0 unspecified atom stereocenters. The normalized spacial score (nSPS) is 21.9. The summed E-state index contributed by atoms with van der Waals surface area (Å²) >= 11 is 7.49. The van der Waals surface area contributed by atoms with E-state index in [9.17, 15) is 4.79 Å². The standard InChI is InChI=1S/C8H14O4S2/c1-10-7(9)6-2-4-8(11-13,12-14)5-3-6/h6,13-14H,2-5H2,1H3. The largest absolute Gasteiger partial charge is 0.469 e. The van der Waals surface area contributed by atoms with Gasteiger partial charge in [-0.25, -0.2) is 0 Å². The molecule has 0 aliphatic heterocycles. The van der Waals surface area contributed by atoms with Gasteiger partial charge in [0.25, 0.3) is 0 Å². The lowest BCUT2D eigenvalue weighted by atomic mass is 9.85. The van der Waals surface area contributed by atoms with Crippen molar-refractivity contribution in [3.8, 4) is 0 Å². The van der Waals surface area contributed by atoms with Crippen LogP contribution in [0.3, 0.4) is 0 Å². The molecule has 14 heavy (non-hydrogen) atoms. The van der Waals surface area contributed by atoms with Gasteiger partial charge in [0.1, 0.15) is 0 Å². The van der Waals surface area contributed by atoms with Crippen molar-refractivity contribution in [3.05, 3.63) is 0 Å². The fourth-order valence-electron chi connectivity index (χ4n) is 1.66. The molecule has 82 valence electrons. The second-order valence-electron chi connectivity index (χ2n) is 3.39. The second-order valence-corrected chi connectivity index (χ2v) is 3.76. The van der Waals surface area contributed by atoms with Crippen LogP contribution in [-0.2, 0) is 17.9 Å². The number of carbonyl (C=O) groups excluding carboxylic acids is 1. The molecule has 1 saturated carbocycles. The van der Waals surface area contributed by atoms with Gasteiger partial charge in [-0.1, -0.05) is 0 Å². The highest BCUT2D eigenvalue weighted by molar-refractivity contribution is 7.75. The lowest BCUT2D eigenvalue weighted by molar-refractivity contribution is -0.154. The Hall–Kier alpha value is 0.0900. The molecule has 4 nitrogen and oxygen atoms in total. The van der Waals surface area contributed by atoms with Gasteiger partial charge in [0.05, 0.1) is 13.0 Å². The second kappa shape index (κ2) is 5.25. The van der Waals surface area contributed by atoms with E-state index in [2.05, 4.69) is 30.6 Å².